The summed E-state index contributed by atoms with van der Waals surface area (Å²) in [6.07, 6.45) is -8.11. The van der Waals surface area contributed by atoms with Crippen molar-refractivity contribution >= 4 is 11.9 Å². The van der Waals surface area contributed by atoms with Gasteiger partial charge in [-0.05, 0) is 12.8 Å². The molecule has 10 heteroatoms. The van der Waals surface area contributed by atoms with Crippen LogP contribution in [0.3, 0.4) is 0 Å². The number of rotatable bonds is 7. The van der Waals surface area contributed by atoms with Gasteiger partial charge in [0.15, 0.2) is 0 Å². The third-order valence-electron chi connectivity index (χ3n) is 3.68. The Kier molecular flexibility index (Phi) is 6.23. The molecule has 128 valence electrons. The van der Waals surface area contributed by atoms with E-state index >= 15 is 0 Å². The first-order valence-corrected chi connectivity index (χ1v) is 6.65. The van der Waals surface area contributed by atoms with Gasteiger partial charge in [0.25, 0.3) is 0 Å². The van der Waals surface area contributed by atoms with Crippen molar-refractivity contribution in [2.45, 2.75) is 49.5 Å². The highest BCUT2D eigenvalue weighted by molar-refractivity contribution is 5.71. The fourth-order valence-corrected chi connectivity index (χ4v) is 2.43. The summed E-state index contributed by atoms with van der Waals surface area (Å²) in [5, 5.41) is 66.3. The monoisotopic (exact) mass is 324 g/mol. The number of aliphatic hydroxyl groups excluding tert-OH is 4. The third-order valence-corrected chi connectivity index (χ3v) is 3.68. The van der Waals surface area contributed by atoms with Crippen LogP contribution in [0.2, 0.25) is 0 Å². The van der Waals surface area contributed by atoms with E-state index in [9.17, 15) is 35.1 Å². The van der Waals surface area contributed by atoms with Crippen molar-refractivity contribution in [2.75, 3.05) is 6.61 Å². The number of ether oxygens (including phenoxy) is 1. The molecule has 1 aliphatic heterocycles. The summed E-state index contributed by atoms with van der Waals surface area (Å²) in [6.45, 7) is -0.825. The Labute approximate surface area is 125 Å². The SMILES string of the molecule is O=C(O)CCCC(C(=O)O)C1(O)O[C@H](CO)[C@@H](O)[C@H](O)[C@H]1O. The number of carbonyl (C=O) groups is 2. The summed E-state index contributed by atoms with van der Waals surface area (Å²) in [5.41, 5.74) is 0. The highest BCUT2D eigenvalue weighted by Gasteiger charge is 2.58. The van der Waals surface area contributed by atoms with Crippen LogP contribution in [0.25, 0.3) is 0 Å². The van der Waals surface area contributed by atoms with Gasteiger partial charge in [0.2, 0.25) is 5.79 Å². The number of hydrogen-bond donors (Lipinski definition) is 7. The second-order valence-corrected chi connectivity index (χ2v) is 5.19. The lowest BCUT2D eigenvalue weighted by Gasteiger charge is -2.47. The van der Waals surface area contributed by atoms with Crippen molar-refractivity contribution in [3.63, 3.8) is 0 Å². The smallest absolute Gasteiger partial charge is 0.312 e. The Balaban J connectivity index is 2.98. The van der Waals surface area contributed by atoms with Crippen LogP contribution in [0.4, 0.5) is 0 Å². The summed E-state index contributed by atoms with van der Waals surface area (Å²) < 4.78 is 4.92. The fraction of sp³-hybridized carbons (Fsp3) is 0.833. The molecule has 1 aliphatic rings. The number of hydrogen-bond acceptors (Lipinski definition) is 8. The molecule has 0 bridgehead atoms. The van der Waals surface area contributed by atoms with E-state index in [-0.39, 0.29) is 19.3 Å². The number of carboxylic acid groups (broad SMARTS) is 2. The van der Waals surface area contributed by atoms with Gasteiger partial charge in [0.05, 0.1) is 6.61 Å². The Morgan fingerprint density at radius 3 is 2.18 bits per heavy atom. The predicted octanol–water partition coefficient (Wildman–Crippen LogP) is -2.90. The molecule has 1 saturated heterocycles. The summed E-state index contributed by atoms with van der Waals surface area (Å²) in [7, 11) is 0. The van der Waals surface area contributed by atoms with Crippen LogP contribution in [-0.2, 0) is 14.3 Å². The normalized spacial score (nSPS) is 36.8. The highest BCUT2D eigenvalue weighted by Crippen LogP contribution is 2.36. The van der Waals surface area contributed by atoms with Crippen molar-refractivity contribution < 1.29 is 50.1 Å². The number of aliphatic hydroxyl groups is 5. The van der Waals surface area contributed by atoms with Crippen molar-refractivity contribution in [1.82, 2.24) is 0 Å². The summed E-state index contributed by atoms with van der Waals surface area (Å²) >= 11 is 0. The van der Waals surface area contributed by atoms with E-state index in [1.807, 2.05) is 0 Å². The van der Waals surface area contributed by atoms with Crippen LogP contribution >= 0.6 is 0 Å². The minimum atomic E-state index is -2.77. The highest BCUT2D eigenvalue weighted by atomic mass is 16.7. The Morgan fingerprint density at radius 1 is 1.14 bits per heavy atom. The fourth-order valence-electron chi connectivity index (χ4n) is 2.43. The van der Waals surface area contributed by atoms with Gasteiger partial charge in [-0.3, -0.25) is 9.59 Å². The maximum absolute atomic E-state index is 11.3. The maximum atomic E-state index is 11.3. The average Bonchev–Trinajstić information content (AvgIpc) is 2.44. The molecule has 6 atom stereocenters. The zero-order valence-corrected chi connectivity index (χ0v) is 11.6. The van der Waals surface area contributed by atoms with Crippen molar-refractivity contribution in [1.29, 1.82) is 0 Å². The van der Waals surface area contributed by atoms with Crippen LogP contribution < -0.4 is 0 Å². The van der Waals surface area contributed by atoms with Gasteiger partial charge in [-0.1, -0.05) is 0 Å². The minimum Gasteiger partial charge on any atom is -0.481 e. The largest absolute Gasteiger partial charge is 0.481 e. The molecule has 10 nitrogen and oxygen atoms in total. The van der Waals surface area contributed by atoms with Gasteiger partial charge in [0.1, 0.15) is 30.3 Å². The van der Waals surface area contributed by atoms with Crippen LogP contribution in [0.1, 0.15) is 19.3 Å². The Hall–Kier alpha value is -1.30. The van der Waals surface area contributed by atoms with Crippen molar-refractivity contribution in [2.24, 2.45) is 5.92 Å². The molecule has 0 aliphatic carbocycles. The molecule has 1 fully saturated rings. The van der Waals surface area contributed by atoms with Crippen molar-refractivity contribution in [3.05, 3.63) is 0 Å². The Morgan fingerprint density at radius 2 is 1.73 bits per heavy atom. The van der Waals surface area contributed by atoms with Crippen LogP contribution in [0.5, 0.6) is 0 Å². The molecular weight excluding hydrogens is 304 g/mol. The third kappa shape index (κ3) is 3.72. The average molecular weight is 324 g/mol. The molecule has 7 N–H and O–H groups in total. The van der Waals surface area contributed by atoms with E-state index in [2.05, 4.69) is 0 Å². The number of aliphatic carboxylic acids is 2. The molecule has 1 rings (SSSR count). The molecule has 1 heterocycles. The van der Waals surface area contributed by atoms with Crippen molar-refractivity contribution in [3.8, 4) is 0 Å². The first-order chi connectivity index (χ1) is 10.1. The van der Waals surface area contributed by atoms with Crippen LogP contribution in [0, 0.1) is 5.92 Å². The molecule has 0 saturated carbocycles. The maximum Gasteiger partial charge on any atom is 0.312 e. The molecule has 0 aromatic heterocycles. The predicted molar refractivity (Wildman–Crippen MR) is 67.5 cm³/mol. The van der Waals surface area contributed by atoms with Gasteiger partial charge in [-0.25, -0.2) is 0 Å². The van der Waals surface area contributed by atoms with E-state index in [1.54, 1.807) is 0 Å². The van der Waals surface area contributed by atoms with E-state index < -0.39 is 54.7 Å². The van der Waals surface area contributed by atoms with E-state index in [0.717, 1.165) is 0 Å². The standard InChI is InChI=1S/C12H20O10/c13-4-6-8(16)9(17)10(18)12(21,22-6)5(11(19)20)2-1-3-7(14)15/h5-6,8-10,13,16-18,21H,1-4H2,(H,14,15)(H,19,20)/t5?,6-,8-,9+,10-,12?/m1/s1. The van der Waals surface area contributed by atoms with E-state index in [4.69, 9.17) is 14.9 Å². The minimum absolute atomic E-state index is 0.118. The molecule has 0 spiro atoms. The molecule has 0 aromatic rings. The van der Waals surface area contributed by atoms with E-state index in [0.29, 0.717) is 0 Å². The second-order valence-electron chi connectivity index (χ2n) is 5.19. The molecule has 0 radical (unpaired) electrons. The van der Waals surface area contributed by atoms with Gasteiger partial charge >= 0.3 is 11.9 Å². The molecule has 22 heavy (non-hydrogen) atoms. The lowest BCUT2D eigenvalue weighted by atomic mass is 9.82. The Bertz CT molecular complexity index is 411. The molecule has 2 unspecified atom stereocenters. The van der Waals surface area contributed by atoms with Gasteiger partial charge < -0.3 is 40.5 Å². The van der Waals surface area contributed by atoms with Gasteiger partial charge in [0, 0.05) is 6.42 Å². The van der Waals surface area contributed by atoms with Crippen LogP contribution in [-0.4, -0.2) is 84.5 Å². The summed E-state index contributed by atoms with van der Waals surface area (Å²) in [5.74, 6) is -7.26. The summed E-state index contributed by atoms with van der Waals surface area (Å²) in [6, 6.07) is 0. The number of carboxylic acids is 2. The lowest BCUT2D eigenvalue weighted by molar-refractivity contribution is -0.365. The molecule has 0 aromatic carbocycles. The zero-order valence-electron chi connectivity index (χ0n) is 11.6. The van der Waals surface area contributed by atoms with Gasteiger partial charge in [-0.2, -0.15) is 0 Å². The van der Waals surface area contributed by atoms with E-state index in [1.165, 1.54) is 0 Å². The lowest BCUT2D eigenvalue weighted by Crippen LogP contribution is -2.68. The first-order valence-electron chi connectivity index (χ1n) is 6.65. The van der Waals surface area contributed by atoms with Gasteiger partial charge in [-0.15, -0.1) is 0 Å². The second kappa shape index (κ2) is 7.31. The molecule has 0 amide bonds. The summed E-state index contributed by atoms with van der Waals surface area (Å²) in [4.78, 5) is 21.8. The molecular formula is C12H20O10. The zero-order chi connectivity index (χ0) is 17.1. The topological polar surface area (TPSA) is 185 Å². The quantitative estimate of drug-likeness (QED) is 0.256. The first kappa shape index (κ1) is 18.7. The van der Waals surface area contributed by atoms with Crippen LogP contribution in [0.15, 0.2) is 0 Å².